The molecule has 106 valence electrons. The molecule has 0 fully saturated rings. The SMILES string of the molecule is CCNc1nc(N)c(C(=O)N(C)c2ccccc2C)s1. The van der Waals surface area contributed by atoms with Crippen LogP contribution in [0.2, 0.25) is 0 Å². The van der Waals surface area contributed by atoms with Crippen LogP contribution < -0.4 is 16.0 Å². The Bertz CT molecular complexity index is 623. The highest BCUT2D eigenvalue weighted by Crippen LogP contribution is 2.28. The predicted molar refractivity (Wildman–Crippen MR) is 84.6 cm³/mol. The van der Waals surface area contributed by atoms with Gasteiger partial charge in [0.05, 0.1) is 0 Å². The van der Waals surface area contributed by atoms with Gasteiger partial charge in [0, 0.05) is 19.3 Å². The van der Waals surface area contributed by atoms with Gasteiger partial charge in [-0.3, -0.25) is 4.79 Å². The van der Waals surface area contributed by atoms with Crippen LogP contribution in [0.4, 0.5) is 16.6 Å². The van der Waals surface area contributed by atoms with Crippen molar-refractivity contribution in [3.8, 4) is 0 Å². The fourth-order valence-electron chi connectivity index (χ4n) is 1.91. The standard InChI is InChI=1S/C14H18N4OS/c1-4-16-14-17-12(15)11(20-14)13(19)18(3)10-8-6-5-7-9(10)2/h5-8H,4,15H2,1-3H3,(H,16,17). The number of rotatable bonds is 4. The van der Waals surface area contributed by atoms with Crippen molar-refractivity contribution in [2.45, 2.75) is 13.8 Å². The summed E-state index contributed by atoms with van der Waals surface area (Å²) in [5.74, 6) is 0.134. The summed E-state index contributed by atoms with van der Waals surface area (Å²) < 4.78 is 0. The van der Waals surface area contributed by atoms with Gasteiger partial charge in [-0.2, -0.15) is 0 Å². The Morgan fingerprint density at radius 2 is 2.15 bits per heavy atom. The zero-order valence-corrected chi connectivity index (χ0v) is 12.6. The molecule has 0 bridgehead atoms. The Balaban J connectivity index is 2.29. The van der Waals surface area contributed by atoms with E-state index in [-0.39, 0.29) is 11.7 Å². The van der Waals surface area contributed by atoms with Gasteiger partial charge in [0.1, 0.15) is 10.7 Å². The summed E-state index contributed by atoms with van der Waals surface area (Å²) in [6.45, 7) is 4.69. The molecule has 0 saturated carbocycles. The maximum absolute atomic E-state index is 12.5. The van der Waals surface area contributed by atoms with E-state index in [1.54, 1.807) is 11.9 Å². The average molecular weight is 290 g/mol. The van der Waals surface area contributed by atoms with Gasteiger partial charge in [0.15, 0.2) is 5.13 Å². The number of benzene rings is 1. The molecule has 0 aliphatic rings. The number of hydrogen-bond donors (Lipinski definition) is 2. The zero-order chi connectivity index (χ0) is 14.7. The number of carbonyl (C=O) groups is 1. The minimum Gasteiger partial charge on any atom is -0.382 e. The minimum absolute atomic E-state index is 0.140. The molecular weight excluding hydrogens is 272 g/mol. The first-order valence-electron chi connectivity index (χ1n) is 6.38. The Kier molecular flexibility index (Phi) is 4.24. The fraction of sp³-hybridized carbons (Fsp3) is 0.286. The summed E-state index contributed by atoms with van der Waals surface area (Å²) in [7, 11) is 1.75. The first-order chi connectivity index (χ1) is 9.54. The molecule has 0 atom stereocenters. The number of nitrogen functional groups attached to an aromatic ring is 1. The normalized spacial score (nSPS) is 10.3. The Morgan fingerprint density at radius 1 is 1.45 bits per heavy atom. The number of aryl methyl sites for hydroxylation is 1. The number of nitrogens with two attached hydrogens (primary N) is 1. The van der Waals surface area contributed by atoms with Crippen molar-refractivity contribution in [2.75, 3.05) is 29.5 Å². The largest absolute Gasteiger partial charge is 0.382 e. The molecule has 1 aromatic heterocycles. The minimum atomic E-state index is -0.140. The van der Waals surface area contributed by atoms with Crippen molar-refractivity contribution in [3.63, 3.8) is 0 Å². The third-order valence-electron chi connectivity index (χ3n) is 2.96. The van der Waals surface area contributed by atoms with E-state index in [9.17, 15) is 4.79 Å². The molecule has 1 aromatic carbocycles. The highest BCUT2D eigenvalue weighted by atomic mass is 32.1. The van der Waals surface area contributed by atoms with Crippen LogP contribution in [-0.2, 0) is 0 Å². The summed E-state index contributed by atoms with van der Waals surface area (Å²) in [6, 6.07) is 7.74. The van der Waals surface area contributed by atoms with Crippen molar-refractivity contribution in [1.82, 2.24) is 4.98 Å². The quantitative estimate of drug-likeness (QED) is 0.908. The smallest absolute Gasteiger partial charge is 0.272 e. The van der Waals surface area contributed by atoms with Gasteiger partial charge >= 0.3 is 0 Å². The van der Waals surface area contributed by atoms with E-state index >= 15 is 0 Å². The number of nitrogens with one attached hydrogen (secondary N) is 1. The van der Waals surface area contributed by atoms with Crippen LogP contribution in [0, 0.1) is 6.92 Å². The molecule has 0 aliphatic carbocycles. The molecule has 2 rings (SSSR count). The summed E-state index contributed by atoms with van der Waals surface area (Å²) in [4.78, 5) is 18.8. The number of hydrogen-bond acceptors (Lipinski definition) is 5. The lowest BCUT2D eigenvalue weighted by atomic mass is 10.2. The lowest BCUT2D eigenvalue weighted by Gasteiger charge is -2.18. The molecule has 20 heavy (non-hydrogen) atoms. The molecule has 1 amide bonds. The monoisotopic (exact) mass is 290 g/mol. The molecule has 0 unspecified atom stereocenters. The van der Waals surface area contributed by atoms with E-state index in [4.69, 9.17) is 5.73 Å². The van der Waals surface area contributed by atoms with Crippen LogP contribution in [-0.4, -0.2) is 24.5 Å². The highest BCUT2D eigenvalue weighted by molar-refractivity contribution is 7.18. The molecule has 0 spiro atoms. The van der Waals surface area contributed by atoms with Crippen LogP contribution in [0.1, 0.15) is 22.2 Å². The summed E-state index contributed by atoms with van der Waals surface area (Å²) >= 11 is 1.28. The number of thiazole rings is 1. The molecule has 0 aliphatic heterocycles. The van der Waals surface area contributed by atoms with E-state index in [1.165, 1.54) is 11.3 Å². The Morgan fingerprint density at radius 3 is 2.80 bits per heavy atom. The van der Waals surface area contributed by atoms with Crippen molar-refractivity contribution >= 4 is 33.9 Å². The molecule has 6 heteroatoms. The van der Waals surface area contributed by atoms with E-state index in [0.29, 0.717) is 10.0 Å². The van der Waals surface area contributed by atoms with Gasteiger partial charge < -0.3 is 16.0 Å². The fourth-order valence-corrected chi connectivity index (χ4v) is 2.84. The van der Waals surface area contributed by atoms with Crippen LogP contribution in [0.5, 0.6) is 0 Å². The third-order valence-corrected chi connectivity index (χ3v) is 3.97. The maximum Gasteiger partial charge on any atom is 0.272 e. The number of nitrogens with zero attached hydrogens (tertiary/aromatic N) is 2. The average Bonchev–Trinajstić information content (AvgIpc) is 2.79. The van der Waals surface area contributed by atoms with Crippen molar-refractivity contribution in [1.29, 1.82) is 0 Å². The third kappa shape index (κ3) is 2.75. The van der Waals surface area contributed by atoms with Gasteiger partial charge in [-0.1, -0.05) is 29.5 Å². The van der Waals surface area contributed by atoms with Crippen LogP contribution in [0.25, 0.3) is 0 Å². The lowest BCUT2D eigenvalue weighted by Crippen LogP contribution is -2.26. The van der Waals surface area contributed by atoms with Gasteiger partial charge in [-0.15, -0.1) is 0 Å². The molecular formula is C14H18N4OS. The molecule has 1 heterocycles. The topological polar surface area (TPSA) is 71.2 Å². The van der Waals surface area contributed by atoms with Crippen molar-refractivity contribution in [2.24, 2.45) is 0 Å². The second kappa shape index (κ2) is 5.92. The van der Waals surface area contributed by atoms with E-state index < -0.39 is 0 Å². The van der Waals surface area contributed by atoms with Crippen LogP contribution in [0.3, 0.4) is 0 Å². The number of anilines is 3. The van der Waals surface area contributed by atoms with Gasteiger partial charge in [-0.25, -0.2) is 4.98 Å². The van der Waals surface area contributed by atoms with Crippen LogP contribution in [0.15, 0.2) is 24.3 Å². The van der Waals surface area contributed by atoms with Gasteiger partial charge in [-0.05, 0) is 25.5 Å². The first-order valence-corrected chi connectivity index (χ1v) is 7.20. The van der Waals surface area contributed by atoms with E-state index in [1.807, 2.05) is 38.1 Å². The molecule has 2 aromatic rings. The number of carbonyl (C=O) groups excluding carboxylic acids is 1. The zero-order valence-electron chi connectivity index (χ0n) is 11.8. The van der Waals surface area contributed by atoms with E-state index in [2.05, 4.69) is 10.3 Å². The predicted octanol–water partition coefficient (Wildman–Crippen LogP) is 2.74. The lowest BCUT2D eigenvalue weighted by molar-refractivity contribution is 0.0997. The second-order valence-corrected chi connectivity index (χ2v) is 5.41. The highest BCUT2D eigenvalue weighted by Gasteiger charge is 2.21. The van der Waals surface area contributed by atoms with Crippen molar-refractivity contribution < 1.29 is 4.79 Å². The van der Waals surface area contributed by atoms with Crippen LogP contribution >= 0.6 is 11.3 Å². The molecule has 3 N–H and O–H groups in total. The second-order valence-electron chi connectivity index (χ2n) is 4.41. The van der Waals surface area contributed by atoms with Crippen molar-refractivity contribution in [3.05, 3.63) is 34.7 Å². The molecule has 0 radical (unpaired) electrons. The summed E-state index contributed by atoms with van der Waals surface area (Å²) in [5.41, 5.74) is 7.75. The number of amides is 1. The number of aromatic nitrogens is 1. The van der Waals surface area contributed by atoms with Gasteiger partial charge in [0.2, 0.25) is 0 Å². The van der Waals surface area contributed by atoms with E-state index in [0.717, 1.165) is 17.8 Å². The summed E-state index contributed by atoms with van der Waals surface area (Å²) in [5, 5.41) is 3.74. The first kappa shape index (κ1) is 14.3. The molecule has 0 saturated heterocycles. The maximum atomic E-state index is 12.5. The Hall–Kier alpha value is -2.08. The Labute approximate surface area is 122 Å². The summed E-state index contributed by atoms with van der Waals surface area (Å²) in [6.07, 6.45) is 0. The number of para-hydroxylation sites is 1. The molecule has 5 nitrogen and oxygen atoms in total. The van der Waals surface area contributed by atoms with Gasteiger partial charge in [0.25, 0.3) is 5.91 Å².